The van der Waals surface area contributed by atoms with E-state index in [1.807, 2.05) is 24.3 Å². The lowest BCUT2D eigenvalue weighted by Gasteiger charge is -2.03. The number of H-pyrrole nitrogens is 1. The molecule has 0 unspecified atom stereocenters. The fourth-order valence-corrected chi connectivity index (χ4v) is 1.97. The van der Waals surface area contributed by atoms with Crippen LogP contribution in [0, 0.1) is 6.92 Å². The molecule has 0 radical (unpaired) electrons. The number of nitrogens with zero attached hydrogens (tertiary/aromatic N) is 3. The van der Waals surface area contributed by atoms with E-state index in [9.17, 15) is 0 Å². The molecule has 3 rings (SSSR count). The molecule has 0 saturated carbocycles. The predicted octanol–water partition coefficient (Wildman–Crippen LogP) is 1.79. The van der Waals surface area contributed by atoms with Gasteiger partial charge in [0.2, 0.25) is 0 Å². The molecular formula is C13H13N5. The van der Waals surface area contributed by atoms with Crippen LogP contribution in [0.3, 0.4) is 0 Å². The summed E-state index contributed by atoms with van der Waals surface area (Å²) in [6.07, 6.45) is 0. The molecule has 0 bridgehead atoms. The third-order valence-electron chi connectivity index (χ3n) is 2.88. The molecule has 3 N–H and O–H groups in total. The van der Waals surface area contributed by atoms with E-state index in [0.29, 0.717) is 18.2 Å². The summed E-state index contributed by atoms with van der Waals surface area (Å²) in [4.78, 5) is 8.86. The highest BCUT2D eigenvalue weighted by atomic mass is 15.2. The van der Waals surface area contributed by atoms with Crippen molar-refractivity contribution in [3.05, 3.63) is 41.7 Å². The number of nitrogens with one attached hydrogen (secondary N) is 1. The Labute approximate surface area is 104 Å². The molecule has 2 aromatic heterocycles. The van der Waals surface area contributed by atoms with Crippen LogP contribution in [0.1, 0.15) is 11.4 Å². The van der Waals surface area contributed by atoms with Crippen LogP contribution in [0.4, 0.5) is 0 Å². The highest BCUT2D eigenvalue weighted by Crippen LogP contribution is 2.21. The summed E-state index contributed by atoms with van der Waals surface area (Å²) in [5, 5.41) is 8.07. The number of pyridine rings is 1. The molecule has 1 aromatic carbocycles. The molecule has 5 nitrogen and oxygen atoms in total. The number of hydrogen-bond acceptors (Lipinski definition) is 4. The van der Waals surface area contributed by atoms with Gasteiger partial charge < -0.3 is 5.73 Å². The third kappa shape index (κ3) is 1.74. The average Bonchev–Trinajstić information content (AvgIpc) is 2.87. The molecule has 0 amide bonds. The Balaban J connectivity index is 2.18. The van der Waals surface area contributed by atoms with Gasteiger partial charge in [-0.1, -0.05) is 18.2 Å². The smallest absolute Gasteiger partial charge is 0.199 e. The highest BCUT2D eigenvalue weighted by molar-refractivity contribution is 5.84. The van der Waals surface area contributed by atoms with E-state index in [2.05, 4.69) is 33.2 Å². The zero-order chi connectivity index (χ0) is 12.5. The lowest BCUT2D eigenvalue weighted by atomic mass is 10.1. The maximum atomic E-state index is 5.51. The van der Waals surface area contributed by atoms with Crippen molar-refractivity contribution in [1.82, 2.24) is 20.2 Å². The van der Waals surface area contributed by atoms with Gasteiger partial charge in [0.05, 0.1) is 12.1 Å². The number of aromatic nitrogens is 4. The standard InChI is InChI=1S/C13H13N5/c1-8-6-11(13-16-12(7-14)17-18-13)15-10-5-3-2-4-9(8)10/h2-6H,7,14H2,1H3,(H,16,17,18). The number of aryl methyl sites for hydroxylation is 1. The Bertz CT molecular complexity index is 701. The van der Waals surface area contributed by atoms with Crippen LogP contribution in [-0.2, 0) is 6.54 Å². The first kappa shape index (κ1) is 10.9. The summed E-state index contributed by atoms with van der Waals surface area (Å²) < 4.78 is 0. The monoisotopic (exact) mass is 239 g/mol. The van der Waals surface area contributed by atoms with Crippen molar-refractivity contribution in [2.45, 2.75) is 13.5 Å². The first-order chi connectivity index (χ1) is 8.78. The zero-order valence-electron chi connectivity index (χ0n) is 10.0. The second-order valence-corrected chi connectivity index (χ2v) is 4.15. The Morgan fingerprint density at radius 1 is 1.22 bits per heavy atom. The van der Waals surface area contributed by atoms with Crippen LogP contribution in [0.15, 0.2) is 30.3 Å². The molecule has 0 aliphatic carbocycles. The van der Waals surface area contributed by atoms with Gasteiger partial charge in [-0.15, -0.1) is 0 Å². The third-order valence-corrected chi connectivity index (χ3v) is 2.88. The van der Waals surface area contributed by atoms with Crippen LogP contribution in [0.2, 0.25) is 0 Å². The molecule has 18 heavy (non-hydrogen) atoms. The Kier molecular flexibility index (Phi) is 2.53. The molecule has 0 aliphatic heterocycles. The molecule has 0 saturated heterocycles. The quantitative estimate of drug-likeness (QED) is 0.714. The van der Waals surface area contributed by atoms with Gasteiger partial charge in [0.25, 0.3) is 0 Å². The first-order valence-electron chi connectivity index (χ1n) is 5.76. The molecule has 90 valence electrons. The summed E-state index contributed by atoms with van der Waals surface area (Å²) in [5.41, 5.74) is 8.39. The topological polar surface area (TPSA) is 80.5 Å². The number of benzene rings is 1. The van der Waals surface area contributed by atoms with E-state index >= 15 is 0 Å². The van der Waals surface area contributed by atoms with Gasteiger partial charge in [-0.05, 0) is 24.6 Å². The van der Waals surface area contributed by atoms with Gasteiger partial charge >= 0.3 is 0 Å². The van der Waals surface area contributed by atoms with Gasteiger partial charge in [0, 0.05) is 5.39 Å². The Morgan fingerprint density at radius 2 is 2.06 bits per heavy atom. The lowest BCUT2D eigenvalue weighted by molar-refractivity contribution is 0.917. The minimum Gasteiger partial charge on any atom is -0.324 e. The molecule has 0 spiro atoms. The largest absolute Gasteiger partial charge is 0.324 e. The summed E-state index contributed by atoms with van der Waals surface area (Å²) >= 11 is 0. The van der Waals surface area contributed by atoms with Crippen molar-refractivity contribution in [2.24, 2.45) is 5.73 Å². The van der Waals surface area contributed by atoms with Crippen molar-refractivity contribution >= 4 is 10.9 Å². The van der Waals surface area contributed by atoms with E-state index in [1.165, 1.54) is 0 Å². The fraction of sp³-hybridized carbons (Fsp3) is 0.154. The normalized spacial score (nSPS) is 11.0. The number of nitrogens with two attached hydrogens (primary N) is 1. The highest BCUT2D eigenvalue weighted by Gasteiger charge is 2.09. The number of aromatic amines is 1. The van der Waals surface area contributed by atoms with Gasteiger partial charge in [0.15, 0.2) is 5.82 Å². The van der Waals surface area contributed by atoms with Crippen LogP contribution >= 0.6 is 0 Å². The molecule has 5 heteroatoms. The van der Waals surface area contributed by atoms with Crippen LogP contribution in [0.5, 0.6) is 0 Å². The zero-order valence-corrected chi connectivity index (χ0v) is 10.0. The van der Waals surface area contributed by atoms with Gasteiger partial charge in [-0.3, -0.25) is 5.10 Å². The molecule has 0 atom stereocenters. The van der Waals surface area contributed by atoms with Gasteiger partial charge in [0.1, 0.15) is 11.5 Å². The minimum atomic E-state index is 0.347. The SMILES string of the molecule is Cc1cc(-c2n[nH]c(CN)n2)nc2ccccc12. The first-order valence-corrected chi connectivity index (χ1v) is 5.76. The van der Waals surface area contributed by atoms with Crippen molar-refractivity contribution in [3.63, 3.8) is 0 Å². The van der Waals surface area contributed by atoms with E-state index in [4.69, 9.17) is 5.73 Å². The lowest BCUT2D eigenvalue weighted by Crippen LogP contribution is -1.98. The van der Waals surface area contributed by atoms with E-state index in [1.54, 1.807) is 0 Å². The van der Waals surface area contributed by atoms with Crippen molar-refractivity contribution in [2.75, 3.05) is 0 Å². The van der Waals surface area contributed by atoms with Gasteiger partial charge in [-0.25, -0.2) is 9.97 Å². The van der Waals surface area contributed by atoms with Crippen molar-refractivity contribution in [1.29, 1.82) is 0 Å². The predicted molar refractivity (Wildman–Crippen MR) is 69.7 cm³/mol. The van der Waals surface area contributed by atoms with E-state index < -0.39 is 0 Å². The van der Waals surface area contributed by atoms with E-state index in [0.717, 1.165) is 22.2 Å². The molecule has 3 aromatic rings. The second-order valence-electron chi connectivity index (χ2n) is 4.15. The number of rotatable bonds is 2. The average molecular weight is 239 g/mol. The summed E-state index contributed by atoms with van der Waals surface area (Å²) in [6.45, 7) is 2.41. The summed E-state index contributed by atoms with van der Waals surface area (Å²) in [5.74, 6) is 1.25. The second kappa shape index (κ2) is 4.19. The van der Waals surface area contributed by atoms with Crippen LogP contribution in [-0.4, -0.2) is 20.2 Å². The Hall–Kier alpha value is -2.27. The van der Waals surface area contributed by atoms with E-state index in [-0.39, 0.29) is 0 Å². The van der Waals surface area contributed by atoms with Crippen LogP contribution in [0.25, 0.3) is 22.4 Å². The summed E-state index contributed by atoms with van der Waals surface area (Å²) in [6, 6.07) is 10.0. The van der Waals surface area contributed by atoms with Gasteiger partial charge in [-0.2, -0.15) is 5.10 Å². The number of fused-ring (bicyclic) bond motifs is 1. The molecule has 0 fully saturated rings. The maximum absolute atomic E-state index is 5.51. The Morgan fingerprint density at radius 3 is 2.83 bits per heavy atom. The fourth-order valence-electron chi connectivity index (χ4n) is 1.97. The molecular weight excluding hydrogens is 226 g/mol. The van der Waals surface area contributed by atoms with Crippen molar-refractivity contribution < 1.29 is 0 Å². The molecule has 2 heterocycles. The number of para-hydroxylation sites is 1. The maximum Gasteiger partial charge on any atom is 0.199 e. The summed E-state index contributed by atoms with van der Waals surface area (Å²) in [7, 11) is 0. The van der Waals surface area contributed by atoms with Crippen LogP contribution < -0.4 is 5.73 Å². The minimum absolute atomic E-state index is 0.347. The molecule has 0 aliphatic rings. The van der Waals surface area contributed by atoms with Crippen molar-refractivity contribution in [3.8, 4) is 11.5 Å². The number of hydrogen-bond donors (Lipinski definition) is 2.